The number of fused-ring (bicyclic) bond motifs is 5. The van der Waals surface area contributed by atoms with Gasteiger partial charge in [0.25, 0.3) is 0 Å². The Morgan fingerprint density at radius 3 is 1.85 bits per heavy atom. The molecule has 0 radical (unpaired) electrons. The van der Waals surface area contributed by atoms with Gasteiger partial charge in [-0.3, -0.25) is 0 Å². The van der Waals surface area contributed by atoms with Gasteiger partial charge in [-0.15, -0.1) is 0 Å². The molecule has 2 aliphatic rings. The van der Waals surface area contributed by atoms with Crippen LogP contribution in [0.15, 0.2) is 21.7 Å². The molecule has 2 aliphatic carbocycles. The summed E-state index contributed by atoms with van der Waals surface area (Å²) in [5, 5.41) is 3.78. The van der Waals surface area contributed by atoms with Gasteiger partial charge < -0.3 is 0 Å². The van der Waals surface area contributed by atoms with Crippen LogP contribution in [0.4, 0.5) is 0 Å². The predicted octanol–water partition coefficient (Wildman–Crippen LogP) is 4.43. The number of H-pyrrole nitrogens is 1. The van der Waals surface area contributed by atoms with E-state index in [9.17, 15) is 9.59 Å². The van der Waals surface area contributed by atoms with Crippen LogP contribution >= 0.6 is 46.4 Å². The molecule has 2 atom stereocenters. The molecule has 1 fully saturated rings. The second-order valence-corrected chi connectivity index (χ2v) is 8.48. The van der Waals surface area contributed by atoms with Crippen LogP contribution in [0.3, 0.4) is 0 Å². The zero-order chi connectivity index (χ0) is 19.1. The minimum Gasteiger partial charge on any atom is -0.246 e. The fourth-order valence-electron chi connectivity index (χ4n) is 4.90. The maximum atomic E-state index is 12.8. The van der Waals surface area contributed by atoms with Crippen LogP contribution in [-0.4, -0.2) is 14.3 Å². The van der Waals surface area contributed by atoms with E-state index < -0.39 is 16.9 Å². The fraction of sp³-hybridized carbons (Fsp3) is 0.412. The Morgan fingerprint density at radius 1 is 1.04 bits per heavy atom. The van der Waals surface area contributed by atoms with Gasteiger partial charge in [-0.05, 0) is 30.9 Å². The van der Waals surface area contributed by atoms with Crippen molar-refractivity contribution in [2.24, 2.45) is 7.05 Å². The summed E-state index contributed by atoms with van der Waals surface area (Å²) in [6.45, 7) is 6.00. The van der Waals surface area contributed by atoms with Gasteiger partial charge in [0, 0.05) is 18.9 Å². The first-order valence-electron chi connectivity index (χ1n) is 8.05. The van der Waals surface area contributed by atoms with E-state index in [1.54, 1.807) is 0 Å². The summed E-state index contributed by atoms with van der Waals surface area (Å²) >= 11 is 25.6. The quantitative estimate of drug-likeness (QED) is 0.431. The maximum Gasteiger partial charge on any atom is 0.347 e. The second-order valence-electron chi connectivity index (χ2n) is 6.97. The Labute approximate surface area is 169 Å². The van der Waals surface area contributed by atoms with E-state index in [0.29, 0.717) is 10.0 Å². The molecule has 5 nitrogen and oxygen atoms in total. The highest BCUT2D eigenvalue weighted by molar-refractivity contribution is 6.52. The minimum absolute atomic E-state index is 0.185. The molecule has 2 aromatic rings. The molecule has 138 valence electrons. The van der Waals surface area contributed by atoms with Crippen LogP contribution in [0.2, 0.25) is 20.1 Å². The van der Waals surface area contributed by atoms with Crippen LogP contribution in [0.25, 0.3) is 0 Å². The van der Waals surface area contributed by atoms with E-state index in [2.05, 4.69) is 11.7 Å². The molecule has 0 unspecified atom stereocenters. The van der Waals surface area contributed by atoms with Crippen molar-refractivity contribution in [2.75, 3.05) is 0 Å². The van der Waals surface area contributed by atoms with Crippen molar-refractivity contribution in [1.29, 1.82) is 0 Å². The number of nitrogens with zero attached hydrogens (tertiary/aromatic N) is 2. The number of hydrogen-bond donors (Lipinski definition) is 1. The normalized spacial score (nSPS) is 26.4. The standard InChI is InChI=1S/C17H15Cl4N3O2/c1-6(2)17(24-16(26)23(3)15(25)22-24)7-4-5-8(17)10-9(7)11(18)13(20)14(21)12(10)19/h7-8H,1,4-5H2,2-3H3,(H,22,25)/t7-,8-/m0/s1. The lowest BCUT2D eigenvalue weighted by Gasteiger charge is -2.35. The van der Waals surface area contributed by atoms with Crippen molar-refractivity contribution in [3.63, 3.8) is 0 Å². The number of nitrogens with one attached hydrogen (secondary N) is 1. The first-order chi connectivity index (χ1) is 12.2. The lowest BCUT2D eigenvalue weighted by atomic mass is 9.79. The Morgan fingerprint density at radius 2 is 1.50 bits per heavy atom. The van der Waals surface area contributed by atoms with E-state index in [0.717, 1.165) is 34.1 Å². The average Bonchev–Trinajstić information content (AvgIpc) is 3.20. The summed E-state index contributed by atoms with van der Waals surface area (Å²) in [6.07, 6.45) is 1.53. The number of aromatic nitrogens is 3. The first-order valence-corrected chi connectivity index (χ1v) is 9.57. The van der Waals surface area contributed by atoms with Gasteiger partial charge in [-0.1, -0.05) is 58.6 Å². The molecular weight excluding hydrogens is 420 g/mol. The minimum atomic E-state index is -0.860. The molecular formula is C17H15Cl4N3O2. The highest BCUT2D eigenvalue weighted by Crippen LogP contribution is 2.69. The number of allylic oxidation sites excluding steroid dienone is 1. The molecule has 1 aromatic carbocycles. The van der Waals surface area contributed by atoms with Gasteiger partial charge in [0.1, 0.15) is 5.54 Å². The molecule has 0 spiro atoms. The largest absolute Gasteiger partial charge is 0.347 e. The van der Waals surface area contributed by atoms with E-state index in [4.69, 9.17) is 46.4 Å². The lowest BCUT2D eigenvalue weighted by molar-refractivity contribution is 0.269. The maximum absolute atomic E-state index is 12.8. The zero-order valence-electron chi connectivity index (χ0n) is 14.0. The smallest absolute Gasteiger partial charge is 0.246 e. The number of rotatable bonds is 2. The van der Waals surface area contributed by atoms with Crippen LogP contribution in [0.1, 0.15) is 42.7 Å². The predicted molar refractivity (Wildman–Crippen MR) is 104 cm³/mol. The summed E-state index contributed by atoms with van der Waals surface area (Å²) in [4.78, 5) is 24.9. The fourth-order valence-corrected chi connectivity index (χ4v) is 6.04. The van der Waals surface area contributed by atoms with Crippen molar-refractivity contribution in [3.8, 4) is 0 Å². The molecule has 1 saturated carbocycles. The highest BCUT2D eigenvalue weighted by atomic mass is 35.5. The van der Waals surface area contributed by atoms with E-state index in [-0.39, 0.29) is 21.9 Å². The third-order valence-corrected chi connectivity index (χ3v) is 7.72. The molecule has 1 heterocycles. The van der Waals surface area contributed by atoms with Crippen LogP contribution in [-0.2, 0) is 12.6 Å². The third-order valence-electron chi connectivity index (χ3n) is 5.89. The molecule has 0 amide bonds. The Balaban J connectivity index is 2.12. The van der Waals surface area contributed by atoms with E-state index in [1.807, 2.05) is 6.92 Å². The molecule has 0 saturated heterocycles. The van der Waals surface area contributed by atoms with Gasteiger partial charge in [-0.2, -0.15) is 0 Å². The first kappa shape index (κ1) is 18.2. The Hall–Kier alpha value is -1.14. The molecule has 1 aromatic heterocycles. The lowest BCUT2D eigenvalue weighted by Crippen LogP contribution is -2.45. The molecule has 26 heavy (non-hydrogen) atoms. The Kier molecular flexibility index (Phi) is 3.98. The summed E-state index contributed by atoms with van der Waals surface area (Å²) in [5.41, 5.74) is 0.543. The summed E-state index contributed by atoms with van der Waals surface area (Å²) < 4.78 is 2.42. The Bertz CT molecular complexity index is 1050. The number of halogens is 4. The van der Waals surface area contributed by atoms with Crippen LogP contribution in [0.5, 0.6) is 0 Å². The van der Waals surface area contributed by atoms with Crippen molar-refractivity contribution in [2.45, 2.75) is 37.1 Å². The molecule has 1 N–H and O–H groups in total. The summed E-state index contributed by atoms with van der Waals surface area (Å²) in [6, 6.07) is 0. The van der Waals surface area contributed by atoms with Crippen molar-refractivity contribution < 1.29 is 0 Å². The topological polar surface area (TPSA) is 59.8 Å². The second kappa shape index (κ2) is 5.68. The number of aromatic amines is 1. The van der Waals surface area contributed by atoms with Gasteiger partial charge in [0.15, 0.2) is 0 Å². The van der Waals surface area contributed by atoms with Gasteiger partial charge >= 0.3 is 11.4 Å². The van der Waals surface area contributed by atoms with Gasteiger partial charge in [-0.25, -0.2) is 23.9 Å². The van der Waals surface area contributed by atoms with Gasteiger partial charge in [0.05, 0.1) is 20.1 Å². The molecule has 2 bridgehead atoms. The van der Waals surface area contributed by atoms with Crippen LogP contribution in [0, 0.1) is 0 Å². The molecule has 0 aliphatic heterocycles. The van der Waals surface area contributed by atoms with Crippen molar-refractivity contribution >= 4 is 46.4 Å². The van der Waals surface area contributed by atoms with Crippen LogP contribution < -0.4 is 11.4 Å². The van der Waals surface area contributed by atoms with Gasteiger partial charge in [0.2, 0.25) is 0 Å². The zero-order valence-corrected chi connectivity index (χ0v) is 17.0. The monoisotopic (exact) mass is 433 g/mol. The third kappa shape index (κ3) is 1.90. The molecule has 4 rings (SSSR count). The number of benzene rings is 1. The van der Waals surface area contributed by atoms with Crippen molar-refractivity contribution in [1.82, 2.24) is 14.3 Å². The summed E-state index contributed by atoms with van der Waals surface area (Å²) in [5.74, 6) is -0.369. The number of hydrogen-bond acceptors (Lipinski definition) is 2. The van der Waals surface area contributed by atoms with Crippen molar-refractivity contribution in [3.05, 3.63) is 64.3 Å². The highest BCUT2D eigenvalue weighted by Gasteiger charge is 2.62. The van der Waals surface area contributed by atoms with E-state index in [1.165, 1.54) is 11.7 Å². The SMILES string of the molecule is C=C(C)C1(n2[nH]c(=O)n(C)c2=O)[C@H]2CC[C@H]1c1c(Cl)c(Cl)c(Cl)c(Cl)c12. The average molecular weight is 435 g/mol. The molecule has 9 heteroatoms. The van der Waals surface area contributed by atoms with E-state index >= 15 is 0 Å². The summed E-state index contributed by atoms with van der Waals surface area (Å²) in [7, 11) is 1.43.